The second-order valence-electron chi connectivity index (χ2n) is 4.52. The lowest BCUT2D eigenvalue weighted by atomic mass is 10.1. The number of rotatable bonds is 3. The van der Waals surface area contributed by atoms with E-state index in [2.05, 4.69) is 10.6 Å². The van der Waals surface area contributed by atoms with Crippen molar-refractivity contribution in [2.75, 3.05) is 11.9 Å². The van der Waals surface area contributed by atoms with Gasteiger partial charge in [-0.05, 0) is 6.42 Å². The summed E-state index contributed by atoms with van der Waals surface area (Å²) in [5, 5.41) is 13.7. The molecule has 0 bridgehead atoms. The standard InChI is InChI=1S/C13H13F3N2O2/c14-10-4-9(5-11(15)12(10)16)18-13(20)17-8-2-1-7(3-8)6-19/h1-2,4-5,7-8,19H,3,6H2,(H2,17,18,20)/t7-,8+/m0/s1. The van der Waals surface area contributed by atoms with Crippen LogP contribution in [0.3, 0.4) is 0 Å². The zero-order valence-electron chi connectivity index (χ0n) is 10.4. The molecule has 0 saturated heterocycles. The van der Waals surface area contributed by atoms with E-state index in [-0.39, 0.29) is 24.3 Å². The van der Waals surface area contributed by atoms with Crippen LogP contribution in [-0.4, -0.2) is 23.8 Å². The van der Waals surface area contributed by atoms with Crippen LogP contribution < -0.4 is 10.6 Å². The summed E-state index contributed by atoms with van der Waals surface area (Å²) < 4.78 is 38.7. The van der Waals surface area contributed by atoms with Crippen LogP contribution in [-0.2, 0) is 0 Å². The van der Waals surface area contributed by atoms with Crippen molar-refractivity contribution in [1.82, 2.24) is 5.32 Å². The maximum Gasteiger partial charge on any atom is 0.319 e. The third-order valence-corrected chi connectivity index (χ3v) is 2.96. The molecule has 0 aromatic heterocycles. The monoisotopic (exact) mass is 286 g/mol. The molecule has 0 radical (unpaired) electrons. The Morgan fingerprint density at radius 2 is 1.90 bits per heavy atom. The predicted octanol–water partition coefficient (Wildman–Crippen LogP) is 2.16. The minimum Gasteiger partial charge on any atom is -0.396 e. The number of halogens is 3. The second-order valence-corrected chi connectivity index (χ2v) is 4.52. The van der Waals surface area contributed by atoms with Crippen LogP contribution in [0.5, 0.6) is 0 Å². The molecule has 4 nitrogen and oxygen atoms in total. The molecule has 108 valence electrons. The predicted molar refractivity (Wildman–Crippen MR) is 66.6 cm³/mol. The van der Waals surface area contributed by atoms with Crippen molar-refractivity contribution >= 4 is 11.7 Å². The molecule has 0 fully saturated rings. The maximum absolute atomic E-state index is 13.0. The van der Waals surface area contributed by atoms with Gasteiger partial charge in [-0.1, -0.05) is 12.2 Å². The van der Waals surface area contributed by atoms with Crippen molar-refractivity contribution in [3.63, 3.8) is 0 Å². The number of carbonyl (C=O) groups excluding carboxylic acids is 1. The summed E-state index contributed by atoms with van der Waals surface area (Å²) in [7, 11) is 0. The number of hydrogen-bond donors (Lipinski definition) is 3. The number of urea groups is 1. The van der Waals surface area contributed by atoms with Crippen LogP contribution in [0.15, 0.2) is 24.3 Å². The average Bonchev–Trinajstić information content (AvgIpc) is 2.83. The number of aliphatic hydroxyl groups excluding tert-OH is 1. The van der Waals surface area contributed by atoms with Crippen molar-refractivity contribution in [2.45, 2.75) is 12.5 Å². The first-order valence-electron chi connectivity index (χ1n) is 6.01. The minimum atomic E-state index is -1.58. The summed E-state index contributed by atoms with van der Waals surface area (Å²) in [5.41, 5.74) is -0.181. The van der Waals surface area contributed by atoms with Gasteiger partial charge in [-0.3, -0.25) is 0 Å². The first kappa shape index (κ1) is 14.4. The van der Waals surface area contributed by atoms with Gasteiger partial charge in [0.25, 0.3) is 0 Å². The van der Waals surface area contributed by atoms with Gasteiger partial charge in [-0.2, -0.15) is 0 Å². The van der Waals surface area contributed by atoms with Gasteiger partial charge < -0.3 is 15.7 Å². The molecular weight excluding hydrogens is 273 g/mol. The van der Waals surface area contributed by atoms with E-state index in [0.717, 1.165) is 0 Å². The first-order valence-corrected chi connectivity index (χ1v) is 6.01. The van der Waals surface area contributed by atoms with Gasteiger partial charge in [0.05, 0.1) is 0 Å². The molecule has 2 rings (SSSR count). The third kappa shape index (κ3) is 3.30. The van der Waals surface area contributed by atoms with Crippen molar-refractivity contribution < 1.29 is 23.1 Å². The molecule has 7 heteroatoms. The number of carbonyl (C=O) groups is 1. The molecule has 0 unspecified atom stereocenters. The molecule has 0 heterocycles. The summed E-state index contributed by atoms with van der Waals surface area (Å²) in [4.78, 5) is 11.6. The Morgan fingerprint density at radius 1 is 1.25 bits per heavy atom. The summed E-state index contributed by atoms with van der Waals surface area (Å²) in [6, 6.07) is 0.462. The topological polar surface area (TPSA) is 61.4 Å². The van der Waals surface area contributed by atoms with E-state index in [1.807, 2.05) is 0 Å². The summed E-state index contributed by atoms with van der Waals surface area (Å²) >= 11 is 0. The van der Waals surface area contributed by atoms with Crippen LogP contribution in [0.2, 0.25) is 0 Å². The van der Waals surface area contributed by atoms with Crippen LogP contribution in [0.1, 0.15) is 6.42 Å². The van der Waals surface area contributed by atoms with Crippen molar-refractivity contribution in [1.29, 1.82) is 0 Å². The third-order valence-electron chi connectivity index (χ3n) is 2.96. The SMILES string of the molecule is O=C(Nc1cc(F)c(F)c(F)c1)N[C@@H]1C=C[C@H](CO)C1. The summed E-state index contributed by atoms with van der Waals surface area (Å²) in [6.07, 6.45) is 4.06. The van der Waals surface area contributed by atoms with E-state index in [1.165, 1.54) is 0 Å². The zero-order valence-corrected chi connectivity index (χ0v) is 10.4. The van der Waals surface area contributed by atoms with E-state index in [1.54, 1.807) is 12.2 Å². The fourth-order valence-electron chi connectivity index (χ4n) is 1.98. The van der Waals surface area contributed by atoms with E-state index < -0.39 is 23.5 Å². The summed E-state index contributed by atoms with van der Waals surface area (Å²) in [6.45, 7) is -0.00924. The van der Waals surface area contributed by atoms with Crippen molar-refractivity contribution in [2.24, 2.45) is 5.92 Å². The molecule has 20 heavy (non-hydrogen) atoms. The van der Waals surface area contributed by atoms with Crippen molar-refractivity contribution in [3.05, 3.63) is 41.7 Å². The molecule has 1 aromatic rings. The number of benzene rings is 1. The van der Waals surface area contributed by atoms with Crippen molar-refractivity contribution in [3.8, 4) is 0 Å². The molecule has 3 N–H and O–H groups in total. The number of nitrogens with one attached hydrogen (secondary N) is 2. The number of amides is 2. The first-order chi connectivity index (χ1) is 9.49. The highest BCUT2D eigenvalue weighted by Crippen LogP contribution is 2.19. The largest absolute Gasteiger partial charge is 0.396 e. The van der Waals surface area contributed by atoms with Gasteiger partial charge in [0.1, 0.15) is 0 Å². The Hall–Kier alpha value is -2.02. The van der Waals surface area contributed by atoms with E-state index in [0.29, 0.717) is 18.6 Å². The van der Waals surface area contributed by atoms with Gasteiger partial charge >= 0.3 is 6.03 Å². The van der Waals surface area contributed by atoms with Gasteiger partial charge in [0.15, 0.2) is 17.5 Å². The second kappa shape index (κ2) is 5.96. The lowest BCUT2D eigenvalue weighted by Gasteiger charge is -2.13. The van der Waals surface area contributed by atoms with Gasteiger partial charge in [0, 0.05) is 36.4 Å². The van der Waals surface area contributed by atoms with Crippen LogP contribution in [0.25, 0.3) is 0 Å². The molecule has 2 amide bonds. The Labute approximate surface area is 113 Å². The molecule has 1 aliphatic rings. The fourth-order valence-corrected chi connectivity index (χ4v) is 1.98. The van der Waals surface area contributed by atoms with Gasteiger partial charge in [-0.25, -0.2) is 18.0 Å². The zero-order chi connectivity index (χ0) is 14.7. The Kier molecular flexibility index (Phi) is 4.29. The molecule has 0 saturated carbocycles. The Morgan fingerprint density at radius 3 is 2.45 bits per heavy atom. The average molecular weight is 286 g/mol. The van der Waals surface area contributed by atoms with E-state index in [9.17, 15) is 18.0 Å². The van der Waals surface area contributed by atoms with Crippen LogP contribution >= 0.6 is 0 Å². The molecule has 2 atom stereocenters. The highest BCUT2D eigenvalue weighted by Gasteiger charge is 2.20. The van der Waals surface area contributed by atoms with Gasteiger partial charge in [-0.15, -0.1) is 0 Å². The number of anilines is 1. The maximum atomic E-state index is 13.0. The van der Waals surface area contributed by atoms with E-state index in [4.69, 9.17) is 5.11 Å². The lowest BCUT2D eigenvalue weighted by molar-refractivity contribution is 0.238. The summed E-state index contributed by atoms with van der Waals surface area (Å²) in [5.74, 6) is -4.34. The molecule has 0 spiro atoms. The quantitative estimate of drug-likeness (QED) is 0.589. The minimum absolute atomic E-state index is 0.00924. The lowest BCUT2D eigenvalue weighted by Crippen LogP contribution is -2.36. The van der Waals surface area contributed by atoms with E-state index >= 15 is 0 Å². The Balaban J connectivity index is 1.94. The number of hydrogen-bond acceptors (Lipinski definition) is 2. The fraction of sp³-hybridized carbons (Fsp3) is 0.308. The molecule has 0 aliphatic heterocycles. The van der Waals surface area contributed by atoms with Crippen LogP contribution in [0, 0.1) is 23.4 Å². The molecular formula is C13H13F3N2O2. The Bertz CT molecular complexity index is 525. The molecule has 1 aromatic carbocycles. The number of aliphatic hydroxyl groups is 1. The normalized spacial score (nSPS) is 21.0. The highest BCUT2D eigenvalue weighted by molar-refractivity contribution is 5.89. The van der Waals surface area contributed by atoms with Crippen LogP contribution in [0.4, 0.5) is 23.7 Å². The molecule has 1 aliphatic carbocycles. The van der Waals surface area contributed by atoms with Gasteiger partial charge in [0.2, 0.25) is 0 Å². The smallest absolute Gasteiger partial charge is 0.319 e. The highest BCUT2D eigenvalue weighted by atomic mass is 19.2.